The van der Waals surface area contributed by atoms with Crippen molar-refractivity contribution in [2.45, 2.75) is 18.6 Å². The fourth-order valence-electron chi connectivity index (χ4n) is 1.37. The van der Waals surface area contributed by atoms with Crippen LogP contribution in [0.3, 0.4) is 0 Å². The first-order valence-electron chi connectivity index (χ1n) is 5.57. The maximum absolute atomic E-state index is 13.4. The highest BCUT2D eigenvalue weighted by molar-refractivity contribution is 7.84. The van der Waals surface area contributed by atoms with Crippen molar-refractivity contribution in [1.29, 1.82) is 0 Å². The van der Waals surface area contributed by atoms with Gasteiger partial charge in [-0.05, 0) is 24.6 Å². The fourth-order valence-corrected chi connectivity index (χ4v) is 1.82. The zero-order chi connectivity index (χ0) is 13.7. The number of carbonyl (C=O) groups is 1. The van der Waals surface area contributed by atoms with Crippen LogP contribution in [0.4, 0.5) is 10.1 Å². The Morgan fingerprint density at radius 1 is 1.56 bits per heavy atom. The molecule has 18 heavy (non-hydrogen) atoms. The van der Waals surface area contributed by atoms with Crippen LogP contribution in [0, 0.1) is 5.82 Å². The zero-order valence-corrected chi connectivity index (χ0v) is 11.2. The van der Waals surface area contributed by atoms with Crippen LogP contribution >= 0.6 is 0 Å². The number of nitrogens with two attached hydrogens (primary N) is 1. The van der Waals surface area contributed by atoms with Crippen molar-refractivity contribution in [2.24, 2.45) is 0 Å². The molecule has 1 amide bonds. The molecule has 0 aliphatic rings. The van der Waals surface area contributed by atoms with Crippen LogP contribution in [0.15, 0.2) is 18.2 Å². The normalized spacial score (nSPS) is 13.9. The number of amides is 1. The number of halogens is 1. The largest absolute Gasteiger partial charge is 0.399 e. The third-order valence-corrected chi connectivity index (χ3v) is 4.01. The van der Waals surface area contributed by atoms with Gasteiger partial charge in [0.15, 0.2) is 0 Å². The molecule has 0 heterocycles. The highest BCUT2D eigenvalue weighted by Gasteiger charge is 2.12. The quantitative estimate of drug-likeness (QED) is 0.793. The average molecular weight is 272 g/mol. The summed E-state index contributed by atoms with van der Waals surface area (Å²) in [7, 11) is -0.923. The predicted molar refractivity (Wildman–Crippen MR) is 71.3 cm³/mol. The van der Waals surface area contributed by atoms with E-state index >= 15 is 0 Å². The molecule has 0 fully saturated rings. The molecule has 0 aromatic heterocycles. The van der Waals surface area contributed by atoms with E-state index in [9.17, 15) is 13.4 Å². The Morgan fingerprint density at radius 2 is 2.22 bits per heavy atom. The summed E-state index contributed by atoms with van der Waals surface area (Å²) < 4.78 is 24.5. The number of rotatable bonds is 5. The van der Waals surface area contributed by atoms with Crippen LogP contribution in [0.1, 0.15) is 23.7 Å². The molecule has 0 radical (unpaired) electrons. The van der Waals surface area contributed by atoms with Gasteiger partial charge in [-0.25, -0.2) is 4.39 Å². The van der Waals surface area contributed by atoms with E-state index in [1.807, 2.05) is 6.92 Å². The summed E-state index contributed by atoms with van der Waals surface area (Å²) in [5.41, 5.74) is 5.76. The Morgan fingerprint density at radius 3 is 2.83 bits per heavy atom. The Hall–Kier alpha value is -1.43. The van der Waals surface area contributed by atoms with Gasteiger partial charge in [-0.3, -0.25) is 9.00 Å². The van der Waals surface area contributed by atoms with Crippen molar-refractivity contribution in [3.8, 4) is 0 Å². The molecule has 0 saturated carbocycles. The summed E-state index contributed by atoms with van der Waals surface area (Å²) >= 11 is 0. The number of nitrogens with one attached hydrogen (secondary N) is 1. The number of anilines is 1. The Labute approximate surface area is 108 Å². The number of nitrogen functional groups attached to an aromatic ring is 1. The van der Waals surface area contributed by atoms with Gasteiger partial charge in [-0.1, -0.05) is 6.92 Å². The topological polar surface area (TPSA) is 72.2 Å². The summed E-state index contributed by atoms with van der Waals surface area (Å²) in [6.07, 6.45) is 2.20. The van der Waals surface area contributed by atoms with Gasteiger partial charge in [-0.15, -0.1) is 0 Å². The van der Waals surface area contributed by atoms with E-state index in [1.54, 1.807) is 6.26 Å². The molecule has 4 nitrogen and oxygen atoms in total. The minimum Gasteiger partial charge on any atom is -0.399 e. The van der Waals surface area contributed by atoms with Crippen LogP contribution in [0.2, 0.25) is 0 Å². The van der Waals surface area contributed by atoms with Gasteiger partial charge in [0.05, 0.1) is 5.56 Å². The molecule has 3 N–H and O–H groups in total. The SMILES string of the molecule is CC(CCNC(=O)c1cc(N)ccc1F)S(C)=O. The lowest BCUT2D eigenvalue weighted by molar-refractivity contribution is 0.0949. The van der Waals surface area contributed by atoms with Gasteiger partial charge in [-0.2, -0.15) is 0 Å². The van der Waals surface area contributed by atoms with Crippen molar-refractivity contribution in [3.63, 3.8) is 0 Å². The molecular weight excluding hydrogens is 255 g/mol. The second-order valence-corrected chi connectivity index (χ2v) is 5.89. The van der Waals surface area contributed by atoms with Crippen molar-refractivity contribution < 1.29 is 13.4 Å². The Kier molecular flexibility index (Phi) is 5.27. The lowest BCUT2D eigenvalue weighted by Gasteiger charge is -2.10. The van der Waals surface area contributed by atoms with E-state index in [1.165, 1.54) is 12.1 Å². The summed E-state index contributed by atoms with van der Waals surface area (Å²) in [5, 5.41) is 2.58. The molecule has 0 aliphatic carbocycles. The molecule has 1 aromatic carbocycles. The van der Waals surface area contributed by atoms with Gasteiger partial charge in [0.1, 0.15) is 5.82 Å². The molecular formula is C12H17FN2O2S. The van der Waals surface area contributed by atoms with Crippen LogP contribution in [0.5, 0.6) is 0 Å². The van der Waals surface area contributed by atoms with Crippen molar-refractivity contribution in [3.05, 3.63) is 29.6 Å². The van der Waals surface area contributed by atoms with E-state index in [4.69, 9.17) is 5.73 Å². The number of hydrogen-bond donors (Lipinski definition) is 2. The minimum absolute atomic E-state index is 0.00371. The number of carbonyl (C=O) groups excluding carboxylic acids is 1. The van der Waals surface area contributed by atoms with Crippen LogP contribution < -0.4 is 11.1 Å². The van der Waals surface area contributed by atoms with E-state index in [2.05, 4.69) is 5.32 Å². The highest BCUT2D eigenvalue weighted by Crippen LogP contribution is 2.11. The summed E-state index contributed by atoms with van der Waals surface area (Å²) in [5.74, 6) is -1.11. The van der Waals surface area contributed by atoms with Gasteiger partial charge in [0, 0.05) is 34.5 Å². The smallest absolute Gasteiger partial charge is 0.254 e. The molecule has 100 valence electrons. The maximum atomic E-state index is 13.4. The van der Waals surface area contributed by atoms with Crippen LogP contribution in [-0.4, -0.2) is 28.2 Å². The molecule has 2 atom stereocenters. The predicted octanol–water partition coefficient (Wildman–Crippen LogP) is 1.29. The molecule has 6 heteroatoms. The fraction of sp³-hybridized carbons (Fsp3) is 0.417. The monoisotopic (exact) mass is 272 g/mol. The van der Waals surface area contributed by atoms with Crippen LogP contribution in [-0.2, 0) is 10.8 Å². The molecule has 0 bridgehead atoms. The minimum atomic E-state index is -0.923. The van der Waals surface area contributed by atoms with Crippen molar-refractivity contribution in [1.82, 2.24) is 5.32 Å². The van der Waals surface area contributed by atoms with E-state index < -0.39 is 22.5 Å². The average Bonchev–Trinajstić information content (AvgIpc) is 2.31. The third kappa shape index (κ3) is 4.10. The molecule has 1 rings (SSSR count). The summed E-state index contributed by atoms with van der Waals surface area (Å²) in [6.45, 7) is 2.19. The van der Waals surface area contributed by atoms with Gasteiger partial charge in [0.2, 0.25) is 0 Å². The zero-order valence-electron chi connectivity index (χ0n) is 10.4. The summed E-state index contributed by atoms with van der Waals surface area (Å²) in [4.78, 5) is 11.7. The van der Waals surface area contributed by atoms with Gasteiger partial charge < -0.3 is 11.1 Å². The van der Waals surface area contributed by atoms with Crippen molar-refractivity contribution in [2.75, 3.05) is 18.5 Å². The molecule has 2 unspecified atom stereocenters. The first kappa shape index (κ1) is 14.6. The molecule has 0 saturated heterocycles. The lowest BCUT2D eigenvalue weighted by Crippen LogP contribution is -2.28. The Bertz CT molecular complexity index is 465. The Balaban J connectivity index is 2.55. The molecule has 0 aliphatic heterocycles. The first-order valence-corrected chi connectivity index (χ1v) is 7.19. The molecule has 0 spiro atoms. The number of benzene rings is 1. The standard InChI is InChI=1S/C12H17FN2O2S/c1-8(18(2)17)5-6-15-12(16)10-7-9(14)3-4-11(10)13/h3-4,7-8H,5-6,14H2,1-2H3,(H,15,16). The van der Waals surface area contributed by atoms with Gasteiger partial charge in [0.25, 0.3) is 5.91 Å². The first-order chi connectivity index (χ1) is 8.41. The van der Waals surface area contributed by atoms with Gasteiger partial charge >= 0.3 is 0 Å². The third-order valence-electron chi connectivity index (χ3n) is 2.64. The maximum Gasteiger partial charge on any atom is 0.254 e. The van der Waals surface area contributed by atoms with E-state index in [0.29, 0.717) is 18.7 Å². The van der Waals surface area contributed by atoms with Crippen molar-refractivity contribution >= 4 is 22.4 Å². The summed E-state index contributed by atoms with van der Waals surface area (Å²) in [6, 6.07) is 3.86. The number of hydrogen-bond acceptors (Lipinski definition) is 3. The van der Waals surface area contributed by atoms with E-state index in [0.717, 1.165) is 6.07 Å². The van der Waals surface area contributed by atoms with Crippen LogP contribution in [0.25, 0.3) is 0 Å². The lowest BCUT2D eigenvalue weighted by atomic mass is 10.1. The molecule has 1 aromatic rings. The van der Waals surface area contributed by atoms with E-state index in [-0.39, 0.29) is 10.8 Å². The highest BCUT2D eigenvalue weighted by atomic mass is 32.2. The second kappa shape index (κ2) is 6.49. The second-order valence-electron chi connectivity index (χ2n) is 4.09.